The van der Waals surface area contributed by atoms with Crippen LogP contribution in [0, 0.1) is 0 Å². The molecule has 3 aromatic carbocycles. The highest BCUT2D eigenvalue weighted by atomic mass is 16.2. The van der Waals surface area contributed by atoms with Crippen LogP contribution in [0.2, 0.25) is 0 Å². The predicted molar refractivity (Wildman–Crippen MR) is 134 cm³/mol. The third-order valence-electron chi connectivity index (χ3n) is 5.44. The minimum Gasteiger partial charge on any atom is -0.397 e. The van der Waals surface area contributed by atoms with Gasteiger partial charge in [0.25, 0.3) is 11.8 Å². The van der Waals surface area contributed by atoms with Crippen LogP contribution >= 0.6 is 0 Å². The van der Waals surface area contributed by atoms with Crippen LogP contribution in [0.1, 0.15) is 32.7 Å². The summed E-state index contributed by atoms with van der Waals surface area (Å²) in [6, 6.07) is 24.1. The van der Waals surface area contributed by atoms with Gasteiger partial charge in [-0.2, -0.15) is 0 Å². The number of hydrogen-bond acceptors (Lipinski definition) is 4. The Balaban J connectivity index is 1.67. The molecule has 3 rings (SSSR count). The smallest absolute Gasteiger partial charge is 0.255 e. The second kappa shape index (κ2) is 11.8. The van der Waals surface area contributed by atoms with Crippen LogP contribution in [0.5, 0.6) is 0 Å². The van der Waals surface area contributed by atoms with Gasteiger partial charge in [-0.25, -0.2) is 0 Å². The molecular weight excluding hydrogens is 412 g/mol. The number of nitrogens with zero attached hydrogens (tertiary/aromatic N) is 2. The van der Waals surface area contributed by atoms with Gasteiger partial charge >= 0.3 is 0 Å². The van der Waals surface area contributed by atoms with Crippen LogP contribution in [0.15, 0.2) is 78.9 Å². The lowest BCUT2D eigenvalue weighted by Gasteiger charge is -2.24. The van der Waals surface area contributed by atoms with Crippen LogP contribution in [-0.2, 0) is 6.42 Å². The van der Waals surface area contributed by atoms with Crippen LogP contribution in [-0.4, -0.2) is 55.3 Å². The summed E-state index contributed by atoms with van der Waals surface area (Å²) in [5, 5.41) is 2.81. The number of amides is 2. The fourth-order valence-corrected chi connectivity index (χ4v) is 3.55. The average molecular weight is 445 g/mol. The van der Waals surface area contributed by atoms with Crippen molar-refractivity contribution in [2.75, 3.05) is 44.8 Å². The minimum absolute atomic E-state index is 0.0241. The summed E-state index contributed by atoms with van der Waals surface area (Å²) in [7, 11) is 4.06. The van der Waals surface area contributed by atoms with Gasteiger partial charge in [-0.15, -0.1) is 0 Å². The molecule has 6 nitrogen and oxygen atoms in total. The number of hydrogen-bond donors (Lipinski definition) is 2. The van der Waals surface area contributed by atoms with Crippen LogP contribution in [0.4, 0.5) is 11.4 Å². The Hall–Kier alpha value is -3.64. The van der Waals surface area contributed by atoms with Gasteiger partial charge in [-0.3, -0.25) is 9.59 Å². The summed E-state index contributed by atoms with van der Waals surface area (Å²) >= 11 is 0. The van der Waals surface area contributed by atoms with E-state index in [-0.39, 0.29) is 11.8 Å². The maximum Gasteiger partial charge on any atom is 0.255 e. The maximum atomic E-state index is 13.3. The number of carbonyl (C=O) groups excluding carboxylic acids is 2. The number of nitrogens with two attached hydrogens (primary N) is 1. The summed E-state index contributed by atoms with van der Waals surface area (Å²) in [4.78, 5) is 29.8. The molecule has 0 aliphatic rings. The number of rotatable bonds is 10. The number of carbonyl (C=O) groups is 2. The van der Waals surface area contributed by atoms with Crippen molar-refractivity contribution in [3.63, 3.8) is 0 Å². The number of para-hydroxylation sites is 2. The largest absolute Gasteiger partial charge is 0.397 e. The first-order valence-corrected chi connectivity index (χ1v) is 11.2. The van der Waals surface area contributed by atoms with Gasteiger partial charge in [-0.1, -0.05) is 42.5 Å². The summed E-state index contributed by atoms with van der Waals surface area (Å²) in [5.41, 5.74) is 9.22. The van der Waals surface area contributed by atoms with E-state index in [2.05, 4.69) is 22.3 Å². The molecule has 0 unspecified atom stereocenters. The molecule has 0 heterocycles. The Bertz CT molecular complexity index is 1050. The standard InChI is InChI=1S/C27H32N4O2/c1-30(2)18-8-19-31(20-17-21-9-4-3-5-10-21)27(33)23-15-13-22(14-16-23)26(32)29-25-12-7-6-11-24(25)28/h3-7,9-16H,8,17-20,28H2,1-2H3,(H,29,32). The van der Waals surface area contributed by atoms with Gasteiger partial charge in [0.1, 0.15) is 0 Å². The van der Waals surface area contributed by atoms with E-state index in [1.807, 2.05) is 49.3 Å². The number of benzene rings is 3. The van der Waals surface area contributed by atoms with Crippen LogP contribution < -0.4 is 11.1 Å². The SMILES string of the molecule is CN(C)CCCN(CCc1ccccc1)C(=O)c1ccc(C(=O)Nc2ccccc2N)cc1. The molecule has 0 fully saturated rings. The predicted octanol–water partition coefficient (Wildman–Crippen LogP) is 4.16. The van der Waals surface area contributed by atoms with Crippen molar-refractivity contribution in [3.8, 4) is 0 Å². The number of nitrogen functional groups attached to an aromatic ring is 1. The minimum atomic E-state index is -0.265. The van der Waals surface area contributed by atoms with Crippen molar-refractivity contribution < 1.29 is 9.59 Å². The molecule has 0 aromatic heterocycles. The second-order valence-electron chi connectivity index (χ2n) is 8.30. The van der Waals surface area contributed by atoms with Gasteiger partial charge in [0.2, 0.25) is 0 Å². The Morgan fingerprint density at radius 3 is 2.09 bits per heavy atom. The van der Waals surface area contributed by atoms with Gasteiger partial charge in [-0.05, 0) is 75.4 Å². The van der Waals surface area contributed by atoms with Crippen molar-refractivity contribution >= 4 is 23.2 Å². The number of anilines is 2. The first-order valence-electron chi connectivity index (χ1n) is 11.2. The highest BCUT2D eigenvalue weighted by Gasteiger charge is 2.17. The quantitative estimate of drug-likeness (QED) is 0.460. The van der Waals surface area contributed by atoms with Gasteiger partial charge in [0, 0.05) is 24.2 Å². The van der Waals surface area contributed by atoms with Gasteiger partial charge in [0.15, 0.2) is 0 Å². The molecule has 2 amide bonds. The highest BCUT2D eigenvalue weighted by molar-refractivity contribution is 6.06. The average Bonchev–Trinajstić information content (AvgIpc) is 2.83. The first kappa shape index (κ1) is 24.0. The third-order valence-corrected chi connectivity index (χ3v) is 5.44. The van der Waals surface area contributed by atoms with E-state index in [9.17, 15) is 9.59 Å². The van der Waals surface area contributed by atoms with E-state index >= 15 is 0 Å². The van der Waals surface area contributed by atoms with Crippen molar-refractivity contribution in [1.82, 2.24) is 9.80 Å². The van der Waals surface area contributed by atoms with E-state index in [1.165, 1.54) is 5.56 Å². The van der Waals surface area contributed by atoms with Crippen LogP contribution in [0.25, 0.3) is 0 Å². The van der Waals surface area contributed by atoms with E-state index in [0.717, 1.165) is 19.4 Å². The molecule has 0 atom stereocenters. The number of nitrogens with one attached hydrogen (secondary N) is 1. The molecule has 0 saturated heterocycles. The molecule has 0 radical (unpaired) electrons. The first-order chi connectivity index (χ1) is 15.9. The zero-order valence-corrected chi connectivity index (χ0v) is 19.3. The molecular formula is C27H32N4O2. The second-order valence-corrected chi connectivity index (χ2v) is 8.30. The van der Waals surface area contributed by atoms with Crippen molar-refractivity contribution in [2.24, 2.45) is 0 Å². The summed E-state index contributed by atoms with van der Waals surface area (Å²) in [6.45, 7) is 2.24. The molecule has 3 aromatic rings. The van der Waals surface area contributed by atoms with Crippen molar-refractivity contribution in [2.45, 2.75) is 12.8 Å². The third kappa shape index (κ3) is 7.19. The molecule has 3 N–H and O–H groups in total. The zero-order chi connectivity index (χ0) is 23.6. The molecule has 0 bridgehead atoms. The molecule has 0 aliphatic heterocycles. The molecule has 0 aliphatic carbocycles. The Labute approximate surface area is 196 Å². The zero-order valence-electron chi connectivity index (χ0n) is 19.3. The Kier molecular flexibility index (Phi) is 8.61. The maximum absolute atomic E-state index is 13.3. The molecule has 33 heavy (non-hydrogen) atoms. The van der Waals surface area contributed by atoms with Crippen molar-refractivity contribution in [3.05, 3.63) is 95.6 Å². The fraction of sp³-hybridized carbons (Fsp3) is 0.259. The summed E-state index contributed by atoms with van der Waals surface area (Å²) in [5.74, 6) is -0.289. The molecule has 172 valence electrons. The lowest BCUT2D eigenvalue weighted by molar-refractivity contribution is 0.0751. The van der Waals surface area contributed by atoms with Gasteiger partial charge < -0.3 is 20.9 Å². The normalized spacial score (nSPS) is 10.8. The molecule has 0 saturated carbocycles. The topological polar surface area (TPSA) is 78.7 Å². The van der Waals surface area contributed by atoms with Gasteiger partial charge in [0.05, 0.1) is 11.4 Å². The summed E-state index contributed by atoms with van der Waals surface area (Å²) < 4.78 is 0. The molecule has 0 spiro atoms. The Morgan fingerprint density at radius 1 is 0.788 bits per heavy atom. The van der Waals surface area contributed by atoms with E-state index in [0.29, 0.717) is 35.6 Å². The van der Waals surface area contributed by atoms with Crippen molar-refractivity contribution in [1.29, 1.82) is 0 Å². The summed E-state index contributed by atoms with van der Waals surface area (Å²) in [6.07, 6.45) is 1.69. The molecule has 6 heteroatoms. The lowest BCUT2D eigenvalue weighted by atomic mass is 10.1. The van der Waals surface area contributed by atoms with Crippen LogP contribution in [0.3, 0.4) is 0 Å². The Morgan fingerprint density at radius 2 is 1.42 bits per heavy atom. The highest BCUT2D eigenvalue weighted by Crippen LogP contribution is 2.18. The van der Waals surface area contributed by atoms with E-state index < -0.39 is 0 Å². The fourth-order valence-electron chi connectivity index (χ4n) is 3.55. The van der Waals surface area contributed by atoms with E-state index in [4.69, 9.17) is 5.73 Å². The lowest BCUT2D eigenvalue weighted by Crippen LogP contribution is -2.35. The van der Waals surface area contributed by atoms with E-state index in [1.54, 1.807) is 36.4 Å². The monoisotopic (exact) mass is 444 g/mol.